The summed E-state index contributed by atoms with van der Waals surface area (Å²) in [7, 11) is 0. The van der Waals surface area contributed by atoms with E-state index in [1.807, 2.05) is 11.8 Å². The van der Waals surface area contributed by atoms with E-state index in [1.165, 1.54) is 11.5 Å². The van der Waals surface area contributed by atoms with Crippen molar-refractivity contribution >= 4 is 11.8 Å². The quantitative estimate of drug-likeness (QED) is 0.682. The van der Waals surface area contributed by atoms with E-state index >= 15 is 0 Å². The lowest BCUT2D eigenvalue weighted by atomic mass is 9.94. The number of aliphatic hydroxyl groups is 1. The van der Waals surface area contributed by atoms with Crippen molar-refractivity contribution in [2.75, 3.05) is 18.1 Å². The highest BCUT2D eigenvalue weighted by Gasteiger charge is 2.28. The Labute approximate surface area is 79.1 Å². The third-order valence-corrected chi connectivity index (χ3v) is 3.91. The normalized spacial score (nSPS) is 23.2. The molecule has 72 valence electrons. The van der Waals surface area contributed by atoms with Crippen LogP contribution < -0.4 is 5.32 Å². The van der Waals surface area contributed by atoms with Crippen LogP contribution in [0, 0.1) is 0 Å². The summed E-state index contributed by atoms with van der Waals surface area (Å²) in [5, 5.41) is 12.5. The summed E-state index contributed by atoms with van der Waals surface area (Å²) in [4.78, 5) is 0. The van der Waals surface area contributed by atoms with Crippen molar-refractivity contribution in [1.29, 1.82) is 0 Å². The van der Waals surface area contributed by atoms with Crippen LogP contribution in [0.4, 0.5) is 0 Å². The van der Waals surface area contributed by atoms with E-state index in [-0.39, 0.29) is 12.1 Å². The van der Waals surface area contributed by atoms with E-state index in [0.29, 0.717) is 6.04 Å². The molecule has 1 aliphatic heterocycles. The van der Waals surface area contributed by atoms with Crippen molar-refractivity contribution in [1.82, 2.24) is 5.32 Å². The second kappa shape index (κ2) is 4.49. The van der Waals surface area contributed by atoms with Gasteiger partial charge >= 0.3 is 0 Å². The van der Waals surface area contributed by atoms with Crippen LogP contribution in [0.5, 0.6) is 0 Å². The van der Waals surface area contributed by atoms with Gasteiger partial charge in [0.1, 0.15) is 0 Å². The Hall–Kier alpha value is 0.270. The van der Waals surface area contributed by atoms with E-state index in [0.717, 1.165) is 12.8 Å². The number of aliphatic hydroxyl groups excluding tert-OH is 1. The summed E-state index contributed by atoms with van der Waals surface area (Å²) >= 11 is 1.99. The third-order valence-electron chi connectivity index (χ3n) is 2.63. The van der Waals surface area contributed by atoms with Crippen molar-refractivity contribution in [2.45, 2.75) is 38.3 Å². The van der Waals surface area contributed by atoms with Crippen molar-refractivity contribution < 1.29 is 5.11 Å². The molecule has 1 rings (SSSR count). The lowest BCUT2D eigenvalue weighted by Gasteiger charge is -2.37. The molecule has 1 aliphatic rings. The predicted octanol–water partition coefficient (Wildman–Crippen LogP) is 1.24. The van der Waals surface area contributed by atoms with Gasteiger partial charge in [-0.15, -0.1) is 0 Å². The van der Waals surface area contributed by atoms with Crippen LogP contribution in [0.2, 0.25) is 0 Å². The maximum absolute atomic E-state index is 8.89. The van der Waals surface area contributed by atoms with Gasteiger partial charge in [0.15, 0.2) is 0 Å². The highest BCUT2D eigenvalue weighted by Crippen LogP contribution is 2.23. The molecule has 2 N–H and O–H groups in total. The lowest BCUT2D eigenvalue weighted by molar-refractivity contribution is 0.207. The van der Waals surface area contributed by atoms with E-state index in [2.05, 4.69) is 19.2 Å². The Kier molecular flexibility index (Phi) is 3.87. The van der Waals surface area contributed by atoms with Gasteiger partial charge in [0.25, 0.3) is 0 Å². The Morgan fingerprint density at radius 3 is 2.58 bits per heavy atom. The van der Waals surface area contributed by atoms with Gasteiger partial charge in [-0.25, -0.2) is 0 Å². The fourth-order valence-corrected chi connectivity index (χ4v) is 2.05. The van der Waals surface area contributed by atoms with Crippen molar-refractivity contribution in [2.24, 2.45) is 0 Å². The molecular weight excluding hydrogens is 170 g/mol. The molecule has 1 unspecified atom stereocenters. The minimum Gasteiger partial charge on any atom is -0.396 e. The number of hydrogen-bond acceptors (Lipinski definition) is 3. The predicted molar refractivity (Wildman–Crippen MR) is 54.6 cm³/mol. The monoisotopic (exact) mass is 189 g/mol. The van der Waals surface area contributed by atoms with Crippen molar-refractivity contribution in [3.63, 3.8) is 0 Å². The molecule has 0 aromatic carbocycles. The molecule has 0 aliphatic carbocycles. The number of thioether (sulfide) groups is 1. The maximum atomic E-state index is 8.89. The smallest absolute Gasteiger partial charge is 0.0448 e. The molecule has 1 atom stereocenters. The van der Waals surface area contributed by atoms with Gasteiger partial charge in [-0.05, 0) is 19.8 Å². The third kappa shape index (κ3) is 2.64. The first-order valence-electron chi connectivity index (χ1n) is 4.66. The topological polar surface area (TPSA) is 32.3 Å². The second-order valence-electron chi connectivity index (χ2n) is 3.77. The van der Waals surface area contributed by atoms with Gasteiger partial charge in [-0.2, -0.15) is 11.8 Å². The number of nitrogens with one attached hydrogen (secondary N) is 1. The first-order chi connectivity index (χ1) is 5.70. The van der Waals surface area contributed by atoms with Gasteiger partial charge in [-0.1, -0.05) is 6.92 Å². The largest absolute Gasteiger partial charge is 0.396 e. The minimum absolute atomic E-state index is 0.153. The lowest BCUT2D eigenvalue weighted by Crippen LogP contribution is -2.53. The summed E-state index contributed by atoms with van der Waals surface area (Å²) < 4.78 is 0. The molecule has 0 aromatic rings. The van der Waals surface area contributed by atoms with E-state index in [1.54, 1.807) is 0 Å². The van der Waals surface area contributed by atoms with Gasteiger partial charge < -0.3 is 10.4 Å². The zero-order valence-electron chi connectivity index (χ0n) is 7.97. The van der Waals surface area contributed by atoms with Crippen molar-refractivity contribution in [3.8, 4) is 0 Å². The average Bonchev–Trinajstić information content (AvgIpc) is 1.98. The van der Waals surface area contributed by atoms with Gasteiger partial charge in [-0.3, -0.25) is 0 Å². The highest BCUT2D eigenvalue weighted by molar-refractivity contribution is 8.00. The van der Waals surface area contributed by atoms with Crippen LogP contribution in [-0.4, -0.2) is 34.8 Å². The molecule has 1 fully saturated rings. The fourth-order valence-electron chi connectivity index (χ4n) is 1.41. The SMILES string of the molecule is CCC(C)(CCO)NC1CSC1. The van der Waals surface area contributed by atoms with Crippen molar-refractivity contribution in [3.05, 3.63) is 0 Å². The molecule has 3 heteroatoms. The molecule has 0 bridgehead atoms. The number of rotatable bonds is 5. The molecule has 0 radical (unpaired) electrons. The molecule has 0 saturated carbocycles. The first kappa shape index (κ1) is 10.4. The van der Waals surface area contributed by atoms with E-state index in [9.17, 15) is 0 Å². The van der Waals surface area contributed by atoms with Crippen LogP contribution in [0.25, 0.3) is 0 Å². The molecule has 0 amide bonds. The van der Waals surface area contributed by atoms with Crippen LogP contribution in [0.15, 0.2) is 0 Å². The number of hydrogen-bond donors (Lipinski definition) is 2. The minimum atomic E-state index is 0.153. The summed E-state index contributed by atoms with van der Waals surface area (Å²) in [6.07, 6.45) is 1.96. The highest BCUT2D eigenvalue weighted by atomic mass is 32.2. The van der Waals surface area contributed by atoms with E-state index in [4.69, 9.17) is 5.11 Å². The van der Waals surface area contributed by atoms with Crippen LogP contribution >= 0.6 is 11.8 Å². The molecule has 1 saturated heterocycles. The maximum Gasteiger partial charge on any atom is 0.0448 e. The molecule has 12 heavy (non-hydrogen) atoms. The molecule has 1 heterocycles. The molecule has 0 spiro atoms. The van der Waals surface area contributed by atoms with Gasteiger partial charge in [0.05, 0.1) is 0 Å². The summed E-state index contributed by atoms with van der Waals surface area (Å²) in [6, 6.07) is 0.687. The Balaban J connectivity index is 2.30. The summed E-state index contributed by atoms with van der Waals surface area (Å²) in [5.74, 6) is 2.47. The summed E-state index contributed by atoms with van der Waals surface area (Å²) in [5.41, 5.74) is 0.153. The second-order valence-corrected chi connectivity index (χ2v) is 4.84. The Morgan fingerprint density at radius 2 is 2.25 bits per heavy atom. The van der Waals surface area contributed by atoms with Crippen LogP contribution in [-0.2, 0) is 0 Å². The zero-order valence-corrected chi connectivity index (χ0v) is 8.78. The van der Waals surface area contributed by atoms with Gasteiger partial charge in [0.2, 0.25) is 0 Å². The van der Waals surface area contributed by atoms with Crippen LogP contribution in [0.1, 0.15) is 26.7 Å². The first-order valence-corrected chi connectivity index (χ1v) is 5.82. The molecule has 0 aromatic heterocycles. The Bertz CT molecular complexity index is 138. The summed E-state index contributed by atoms with van der Waals surface area (Å²) in [6.45, 7) is 4.66. The zero-order chi connectivity index (χ0) is 9.03. The fraction of sp³-hybridized carbons (Fsp3) is 1.00. The Morgan fingerprint density at radius 1 is 1.58 bits per heavy atom. The molecule has 2 nitrogen and oxygen atoms in total. The van der Waals surface area contributed by atoms with Gasteiger partial charge in [0, 0.05) is 29.7 Å². The standard InChI is InChI=1S/C9H19NOS/c1-3-9(2,4-5-11)10-8-6-12-7-8/h8,10-11H,3-7H2,1-2H3. The van der Waals surface area contributed by atoms with E-state index < -0.39 is 0 Å². The average molecular weight is 189 g/mol. The van der Waals surface area contributed by atoms with Crippen LogP contribution in [0.3, 0.4) is 0 Å². The molecular formula is C9H19NOS.